The van der Waals surface area contributed by atoms with E-state index >= 15 is 8.78 Å². The molecule has 1 aliphatic rings. The number of halogens is 2. The number of ketones is 1. The molecule has 0 unspecified atom stereocenters. The second-order valence-corrected chi connectivity index (χ2v) is 14.8. The van der Waals surface area contributed by atoms with Crippen molar-refractivity contribution in [1.29, 1.82) is 0 Å². The predicted molar refractivity (Wildman–Crippen MR) is 203 cm³/mol. The minimum Gasteiger partial charge on any atom is -0.494 e. The molecule has 0 bridgehead atoms. The molecule has 2 amide bonds. The molecule has 5 rings (SSSR count). The normalized spacial score (nSPS) is 13.7. The van der Waals surface area contributed by atoms with Gasteiger partial charge in [-0.05, 0) is 66.3 Å². The Hall–Kier alpha value is -6.04. The number of imide groups is 1. The summed E-state index contributed by atoms with van der Waals surface area (Å²) in [6, 6.07) is 6.84. The molecule has 1 N–H and O–H groups in total. The Balaban J connectivity index is 1.70. The van der Waals surface area contributed by atoms with E-state index in [-0.39, 0.29) is 28.2 Å². The zero-order chi connectivity index (χ0) is 41.3. The van der Waals surface area contributed by atoms with Crippen LogP contribution in [-0.4, -0.2) is 90.9 Å². The molecule has 300 valence electrons. The fraction of sp³-hybridized carbons (Fsp3) is 0.421. The number of piperazine rings is 1. The number of methoxy groups -OCH3 is 2. The number of aromatic nitrogens is 1. The monoisotopic (exact) mass is 782 g/mol. The number of ether oxygens (including phenoxy) is 4. The van der Waals surface area contributed by atoms with Gasteiger partial charge in [-0.3, -0.25) is 14.9 Å². The molecular weight excluding hydrogens is 738 g/mol. The zero-order valence-electron chi connectivity index (χ0n) is 32.6. The van der Waals surface area contributed by atoms with Gasteiger partial charge in [-0.1, -0.05) is 6.92 Å². The van der Waals surface area contributed by atoms with Crippen LogP contribution in [0.2, 0.25) is 0 Å². The van der Waals surface area contributed by atoms with Crippen LogP contribution in [0.1, 0.15) is 64.6 Å². The summed E-state index contributed by atoms with van der Waals surface area (Å²) in [4.78, 5) is 62.9. The third kappa shape index (κ3) is 8.75. The molecule has 1 saturated heterocycles. The second-order valence-electron chi connectivity index (χ2n) is 14.8. The number of nitrogens with zero attached hydrogens (tertiary/aromatic N) is 5. The topological polar surface area (TPSA) is 179 Å². The summed E-state index contributed by atoms with van der Waals surface area (Å²) in [6.07, 6.45) is -1.55. The maximum atomic E-state index is 15.8. The van der Waals surface area contributed by atoms with Gasteiger partial charge in [0.05, 0.1) is 30.7 Å². The van der Waals surface area contributed by atoms with Crippen molar-refractivity contribution in [3.63, 3.8) is 0 Å². The average molecular weight is 783 g/mol. The Bertz CT molecular complexity index is 2110. The van der Waals surface area contributed by atoms with Crippen molar-refractivity contribution in [2.45, 2.75) is 59.7 Å². The number of amides is 2. The first kappa shape index (κ1) is 41.1. The van der Waals surface area contributed by atoms with Gasteiger partial charge in [0, 0.05) is 44.0 Å². The summed E-state index contributed by atoms with van der Waals surface area (Å²) in [5.74, 6) is -6.35. The number of hydrogen-bond donors (Lipinski definition) is 1. The van der Waals surface area contributed by atoms with E-state index in [1.54, 1.807) is 6.07 Å². The number of hydrogen-bond acceptors (Lipinski definition) is 14. The molecule has 2 aromatic carbocycles. The van der Waals surface area contributed by atoms with Crippen molar-refractivity contribution >= 4 is 57.5 Å². The minimum absolute atomic E-state index is 0.0443. The summed E-state index contributed by atoms with van der Waals surface area (Å²) >= 11 is 0. The number of nitro groups is 1. The number of carbonyl (C=O) groups excluding carboxylic acids is 3. The molecule has 0 aliphatic carbocycles. The van der Waals surface area contributed by atoms with Gasteiger partial charge >= 0.3 is 12.2 Å². The maximum absolute atomic E-state index is 15.8. The van der Waals surface area contributed by atoms with E-state index in [2.05, 4.69) is 27.0 Å². The Labute approximate surface area is 321 Å². The minimum atomic E-state index is -1.46. The molecule has 56 heavy (non-hydrogen) atoms. The van der Waals surface area contributed by atoms with Gasteiger partial charge in [0.2, 0.25) is 11.5 Å². The van der Waals surface area contributed by atoms with Crippen LogP contribution in [0.3, 0.4) is 0 Å². The highest BCUT2D eigenvalue weighted by atomic mass is 19.1. The summed E-state index contributed by atoms with van der Waals surface area (Å²) in [5.41, 5.74) is -3.98. The third-order valence-corrected chi connectivity index (χ3v) is 8.56. The number of furan rings is 1. The van der Waals surface area contributed by atoms with Gasteiger partial charge in [-0.25, -0.2) is 23.4 Å². The lowest BCUT2D eigenvalue weighted by Gasteiger charge is -2.35. The molecule has 0 radical (unpaired) electrons. The summed E-state index contributed by atoms with van der Waals surface area (Å²) in [6.45, 7) is 15.1. The number of pyridine rings is 1. The quantitative estimate of drug-likeness (QED) is 0.0934. The molecule has 2 aromatic heterocycles. The number of likely N-dealkylation sites (N-methyl/N-ethyl adjacent to an activating group) is 1. The molecule has 18 heteroatoms. The summed E-state index contributed by atoms with van der Waals surface area (Å²) in [5, 5.41) is 15.1. The molecule has 4 aromatic rings. The third-order valence-electron chi connectivity index (χ3n) is 8.56. The van der Waals surface area contributed by atoms with Crippen molar-refractivity contribution in [2.75, 3.05) is 62.1 Å². The first-order chi connectivity index (χ1) is 26.3. The van der Waals surface area contributed by atoms with Gasteiger partial charge in [-0.2, -0.15) is 4.90 Å². The molecule has 16 nitrogen and oxygen atoms in total. The Morgan fingerprint density at radius 2 is 1.50 bits per heavy atom. The Kier molecular flexibility index (Phi) is 11.7. The first-order valence-electron chi connectivity index (χ1n) is 17.6. The van der Waals surface area contributed by atoms with Crippen molar-refractivity contribution in [3.05, 3.63) is 69.6 Å². The number of nitrogens with one attached hydrogen (secondary N) is 1. The van der Waals surface area contributed by atoms with Crippen molar-refractivity contribution < 1.29 is 51.5 Å². The average Bonchev–Trinajstić information content (AvgIpc) is 3.48. The highest BCUT2D eigenvalue weighted by Gasteiger charge is 2.41. The number of anilines is 4. The van der Waals surface area contributed by atoms with Gasteiger partial charge in [0.25, 0.3) is 5.69 Å². The highest BCUT2D eigenvalue weighted by molar-refractivity contribution is 6.23. The molecule has 1 fully saturated rings. The number of carbonyl (C=O) groups is 3. The lowest BCUT2D eigenvalue weighted by molar-refractivity contribution is -0.383. The van der Waals surface area contributed by atoms with E-state index in [1.807, 2.05) is 0 Å². The summed E-state index contributed by atoms with van der Waals surface area (Å²) < 4.78 is 58.5. The highest BCUT2D eigenvalue weighted by Crippen LogP contribution is 2.41. The fourth-order valence-electron chi connectivity index (χ4n) is 5.94. The van der Waals surface area contributed by atoms with Gasteiger partial charge in [-0.15, -0.1) is 0 Å². The van der Waals surface area contributed by atoms with Crippen LogP contribution in [0.15, 0.2) is 40.9 Å². The zero-order valence-corrected chi connectivity index (χ0v) is 32.6. The van der Waals surface area contributed by atoms with Crippen LogP contribution in [0.25, 0.3) is 11.0 Å². The SMILES string of the molecule is CCN1CCN(c2ccc(Nc3cc4c(N(C(=O)OC(C)(C)C)C(=O)OC(C)(C)C)c(C(=O)c5c(F)c(OC)cc(OC)c5F)oc4cn3)c([N+](=O)[O-])c2)CC1. The van der Waals surface area contributed by atoms with Crippen LogP contribution >= 0.6 is 0 Å². The van der Waals surface area contributed by atoms with Crippen LogP contribution in [0.5, 0.6) is 11.5 Å². The molecule has 3 heterocycles. The van der Waals surface area contributed by atoms with Crippen molar-refractivity contribution in [3.8, 4) is 11.5 Å². The van der Waals surface area contributed by atoms with Crippen LogP contribution in [0, 0.1) is 21.7 Å². The molecular formula is C38H44F2N6O10. The Morgan fingerprint density at radius 3 is 2.00 bits per heavy atom. The van der Waals surface area contributed by atoms with Crippen LogP contribution in [0.4, 0.5) is 46.9 Å². The fourth-order valence-corrected chi connectivity index (χ4v) is 5.94. The number of rotatable bonds is 10. The van der Waals surface area contributed by atoms with E-state index in [0.717, 1.165) is 46.1 Å². The second kappa shape index (κ2) is 16.0. The largest absolute Gasteiger partial charge is 0.494 e. The predicted octanol–water partition coefficient (Wildman–Crippen LogP) is 7.82. The van der Waals surface area contributed by atoms with Crippen molar-refractivity contribution in [2.24, 2.45) is 0 Å². The van der Waals surface area contributed by atoms with E-state index in [0.29, 0.717) is 23.7 Å². The lowest BCUT2D eigenvalue weighted by atomic mass is 10.0. The number of benzene rings is 2. The number of fused-ring (bicyclic) bond motifs is 1. The van der Waals surface area contributed by atoms with E-state index in [4.69, 9.17) is 23.4 Å². The first-order valence-corrected chi connectivity index (χ1v) is 17.6. The van der Waals surface area contributed by atoms with Gasteiger partial charge in [0.15, 0.2) is 28.7 Å². The maximum Gasteiger partial charge on any atom is 0.424 e. The van der Waals surface area contributed by atoms with Crippen molar-refractivity contribution in [1.82, 2.24) is 9.88 Å². The molecule has 0 spiro atoms. The lowest BCUT2D eigenvalue weighted by Crippen LogP contribution is -2.46. The standard InChI is InChI=1S/C38H44F2N6O10/c1-10-43-13-15-44(16-14-43)21-11-12-23(24(17-21)46(50)51)42-28-18-22-27(20-41-28)54-34(33(47)29-30(39)25(52-8)19-26(53-9)31(29)40)32(22)45(35(48)55-37(2,3)4)36(49)56-38(5,6)7/h11-12,17-20H,10,13-16H2,1-9H3,(H,41,42). The molecule has 0 saturated carbocycles. The van der Waals surface area contributed by atoms with E-state index in [1.165, 1.54) is 59.7 Å². The number of nitro benzene ring substituents is 1. The van der Waals surface area contributed by atoms with Crippen LogP contribution < -0.4 is 24.6 Å². The molecule has 1 aliphatic heterocycles. The van der Waals surface area contributed by atoms with E-state index < -0.39 is 74.2 Å². The van der Waals surface area contributed by atoms with Crippen LogP contribution in [-0.2, 0) is 9.47 Å². The smallest absolute Gasteiger partial charge is 0.424 e. The summed E-state index contributed by atoms with van der Waals surface area (Å²) in [7, 11) is 2.18. The van der Waals surface area contributed by atoms with E-state index in [9.17, 15) is 24.5 Å². The van der Waals surface area contributed by atoms with Gasteiger partial charge < -0.3 is 38.5 Å². The Morgan fingerprint density at radius 1 is 0.929 bits per heavy atom. The van der Waals surface area contributed by atoms with Gasteiger partial charge in [0.1, 0.15) is 34.0 Å². The molecule has 0 atom stereocenters.